The van der Waals surface area contributed by atoms with Gasteiger partial charge < -0.3 is 14.6 Å². The van der Waals surface area contributed by atoms with Crippen LogP contribution in [0.2, 0.25) is 0 Å². The fraction of sp³-hybridized carbons (Fsp3) is 0.889. The van der Waals surface area contributed by atoms with E-state index in [4.69, 9.17) is 14.6 Å². The third-order valence-electron chi connectivity index (χ3n) is 4.05. The van der Waals surface area contributed by atoms with E-state index < -0.39 is 0 Å². The molecule has 1 fully saturated rings. The number of hydrogen-bond acceptors (Lipinski definition) is 3. The van der Waals surface area contributed by atoms with Gasteiger partial charge in [-0.3, -0.25) is 0 Å². The Morgan fingerprint density at radius 2 is 1.57 bits per heavy atom. The lowest BCUT2D eigenvalue weighted by Gasteiger charge is -2.22. The van der Waals surface area contributed by atoms with E-state index in [1.54, 1.807) is 0 Å². The predicted molar refractivity (Wildman–Crippen MR) is 87.5 cm³/mol. The summed E-state index contributed by atoms with van der Waals surface area (Å²) in [6.45, 7) is 5.23. The van der Waals surface area contributed by atoms with Gasteiger partial charge >= 0.3 is 0 Å². The molecular formula is C18H34O3. The smallest absolute Gasteiger partial charge is 0.157 e. The van der Waals surface area contributed by atoms with Gasteiger partial charge in [0.1, 0.15) is 0 Å². The van der Waals surface area contributed by atoms with Crippen molar-refractivity contribution in [2.24, 2.45) is 0 Å². The van der Waals surface area contributed by atoms with Crippen molar-refractivity contribution in [2.75, 3.05) is 13.2 Å². The highest BCUT2D eigenvalue weighted by atomic mass is 16.7. The summed E-state index contributed by atoms with van der Waals surface area (Å²) in [4.78, 5) is 0. The van der Waals surface area contributed by atoms with E-state index in [9.17, 15) is 0 Å². The van der Waals surface area contributed by atoms with Crippen molar-refractivity contribution in [3.8, 4) is 0 Å². The second kappa shape index (κ2) is 13.1. The highest BCUT2D eigenvalue weighted by molar-refractivity contribution is 4.77. The van der Waals surface area contributed by atoms with Crippen molar-refractivity contribution in [1.29, 1.82) is 0 Å². The molecule has 0 bridgehead atoms. The van der Waals surface area contributed by atoms with Crippen molar-refractivity contribution in [2.45, 2.75) is 89.8 Å². The molecule has 1 unspecified atom stereocenters. The second-order valence-corrected chi connectivity index (χ2v) is 6.17. The monoisotopic (exact) mass is 298 g/mol. The minimum Gasteiger partial charge on any atom is -0.513 e. The van der Waals surface area contributed by atoms with Crippen LogP contribution in [0.25, 0.3) is 0 Å². The Morgan fingerprint density at radius 1 is 0.952 bits per heavy atom. The summed E-state index contributed by atoms with van der Waals surface area (Å²) < 4.78 is 11.3. The molecule has 0 aliphatic carbocycles. The van der Waals surface area contributed by atoms with Crippen molar-refractivity contribution < 1.29 is 14.6 Å². The van der Waals surface area contributed by atoms with Gasteiger partial charge in [0.25, 0.3) is 0 Å². The summed E-state index contributed by atoms with van der Waals surface area (Å²) in [6, 6.07) is 0. The van der Waals surface area contributed by atoms with Crippen LogP contribution in [0.3, 0.4) is 0 Å². The average Bonchev–Trinajstić information content (AvgIpc) is 2.49. The molecule has 21 heavy (non-hydrogen) atoms. The van der Waals surface area contributed by atoms with Crippen LogP contribution in [0.15, 0.2) is 12.3 Å². The average molecular weight is 298 g/mol. The summed E-state index contributed by atoms with van der Waals surface area (Å²) in [7, 11) is 0. The maximum Gasteiger partial charge on any atom is 0.157 e. The highest BCUT2D eigenvalue weighted by Gasteiger charge is 2.13. The molecule has 1 heterocycles. The van der Waals surface area contributed by atoms with Crippen LogP contribution in [0.1, 0.15) is 83.5 Å². The maximum absolute atomic E-state index is 8.97. The first-order valence-electron chi connectivity index (χ1n) is 8.89. The predicted octanol–water partition coefficient (Wildman–Crippen LogP) is 5.50. The van der Waals surface area contributed by atoms with E-state index in [1.165, 1.54) is 64.2 Å². The Bertz CT molecular complexity index is 247. The van der Waals surface area contributed by atoms with Gasteiger partial charge in [0.05, 0.1) is 5.76 Å². The van der Waals surface area contributed by atoms with Gasteiger partial charge in [-0.05, 0) is 32.1 Å². The van der Waals surface area contributed by atoms with E-state index in [1.807, 2.05) is 0 Å². The first-order chi connectivity index (χ1) is 10.3. The quantitative estimate of drug-likeness (QED) is 0.360. The van der Waals surface area contributed by atoms with Gasteiger partial charge in [-0.15, -0.1) is 0 Å². The van der Waals surface area contributed by atoms with Crippen molar-refractivity contribution in [3.05, 3.63) is 12.3 Å². The van der Waals surface area contributed by atoms with Gasteiger partial charge in [-0.2, -0.15) is 0 Å². The Kier molecular flexibility index (Phi) is 11.6. The van der Waals surface area contributed by atoms with E-state index in [-0.39, 0.29) is 6.29 Å². The Morgan fingerprint density at radius 3 is 2.14 bits per heavy atom. The largest absolute Gasteiger partial charge is 0.513 e. The zero-order valence-electron chi connectivity index (χ0n) is 13.7. The van der Waals surface area contributed by atoms with Gasteiger partial charge in [-0.25, -0.2) is 0 Å². The number of aliphatic hydroxyl groups excluding tert-OH is 1. The zero-order chi connectivity index (χ0) is 15.2. The molecule has 0 amide bonds. The Balaban J connectivity index is 1.71. The highest BCUT2D eigenvalue weighted by Crippen LogP contribution is 2.15. The lowest BCUT2D eigenvalue weighted by molar-refractivity contribution is -0.162. The molecule has 0 aromatic rings. The van der Waals surface area contributed by atoms with Crippen LogP contribution in [0, 0.1) is 0 Å². The van der Waals surface area contributed by atoms with Gasteiger partial charge in [0.2, 0.25) is 0 Å². The standard InChI is InChI=1S/C18H34O3/c1-17(19)13-9-7-5-3-2-4-6-8-11-15-20-18-14-10-12-16-21-18/h18-19H,1-16H2. The lowest BCUT2D eigenvalue weighted by atomic mass is 10.1. The van der Waals surface area contributed by atoms with Crippen molar-refractivity contribution in [3.63, 3.8) is 0 Å². The SMILES string of the molecule is C=C(O)CCCCCCCCCCCOC1CCCCO1. The molecular weight excluding hydrogens is 264 g/mol. The normalized spacial score (nSPS) is 18.8. The molecule has 0 saturated carbocycles. The van der Waals surface area contributed by atoms with Crippen LogP contribution in [-0.2, 0) is 9.47 Å². The molecule has 1 N–H and O–H groups in total. The molecule has 124 valence electrons. The summed E-state index contributed by atoms with van der Waals surface area (Å²) in [5, 5.41) is 8.97. The molecule has 1 aliphatic rings. The molecule has 0 aromatic heterocycles. The third-order valence-corrected chi connectivity index (χ3v) is 4.05. The van der Waals surface area contributed by atoms with E-state index >= 15 is 0 Å². The molecule has 3 nitrogen and oxygen atoms in total. The summed E-state index contributed by atoms with van der Waals surface area (Å²) in [5.41, 5.74) is 0. The van der Waals surface area contributed by atoms with Crippen LogP contribution < -0.4 is 0 Å². The minimum atomic E-state index is 0.0775. The van der Waals surface area contributed by atoms with Crippen molar-refractivity contribution in [1.82, 2.24) is 0 Å². The van der Waals surface area contributed by atoms with Gasteiger partial charge in [0, 0.05) is 19.6 Å². The van der Waals surface area contributed by atoms with E-state index in [0.717, 1.165) is 32.5 Å². The minimum absolute atomic E-state index is 0.0775. The number of ether oxygens (including phenoxy) is 2. The van der Waals surface area contributed by atoms with Gasteiger partial charge in [0.15, 0.2) is 6.29 Å². The summed E-state index contributed by atoms with van der Waals surface area (Å²) >= 11 is 0. The number of unbranched alkanes of at least 4 members (excludes halogenated alkanes) is 8. The third kappa shape index (κ3) is 11.8. The van der Waals surface area contributed by atoms with E-state index in [2.05, 4.69) is 6.58 Å². The zero-order valence-corrected chi connectivity index (χ0v) is 13.7. The topological polar surface area (TPSA) is 38.7 Å². The molecule has 1 rings (SSSR count). The number of allylic oxidation sites excluding steroid dienone is 1. The Hall–Kier alpha value is -0.540. The first-order valence-corrected chi connectivity index (χ1v) is 8.89. The molecule has 0 aromatic carbocycles. The summed E-state index contributed by atoms with van der Waals surface area (Å²) in [6.07, 6.45) is 15.7. The number of hydrogen-bond donors (Lipinski definition) is 1. The Labute approximate surface area is 130 Å². The second-order valence-electron chi connectivity index (χ2n) is 6.17. The maximum atomic E-state index is 8.97. The number of aliphatic hydroxyl groups is 1. The number of rotatable bonds is 13. The summed E-state index contributed by atoms with van der Waals surface area (Å²) in [5.74, 6) is 0.329. The fourth-order valence-electron chi connectivity index (χ4n) is 2.73. The molecule has 1 atom stereocenters. The van der Waals surface area contributed by atoms with Crippen LogP contribution in [0.4, 0.5) is 0 Å². The molecule has 3 heteroatoms. The molecule has 0 radical (unpaired) electrons. The van der Waals surface area contributed by atoms with Crippen LogP contribution in [-0.4, -0.2) is 24.6 Å². The molecule has 0 spiro atoms. The fourth-order valence-corrected chi connectivity index (χ4v) is 2.73. The first kappa shape index (κ1) is 18.5. The van der Waals surface area contributed by atoms with Crippen LogP contribution in [0.5, 0.6) is 0 Å². The lowest BCUT2D eigenvalue weighted by Crippen LogP contribution is -2.22. The molecule has 1 saturated heterocycles. The van der Waals surface area contributed by atoms with Gasteiger partial charge in [-0.1, -0.05) is 51.5 Å². The van der Waals surface area contributed by atoms with Crippen LogP contribution >= 0.6 is 0 Å². The molecule has 1 aliphatic heterocycles. The van der Waals surface area contributed by atoms with Crippen molar-refractivity contribution >= 4 is 0 Å². The van der Waals surface area contributed by atoms with E-state index in [0.29, 0.717) is 5.76 Å².